The molecule has 25 heavy (non-hydrogen) atoms. The fraction of sp³-hybridized carbons (Fsp3) is 0.100. The summed E-state index contributed by atoms with van der Waals surface area (Å²) < 4.78 is 1.66. The monoisotopic (exact) mass is 327 g/mol. The van der Waals surface area contributed by atoms with Crippen LogP contribution in [0, 0.1) is 0 Å². The van der Waals surface area contributed by atoms with Crippen molar-refractivity contribution in [1.29, 1.82) is 0 Å². The van der Waals surface area contributed by atoms with Gasteiger partial charge in [0, 0.05) is 16.5 Å². The van der Waals surface area contributed by atoms with E-state index in [4.69, 9.17) is 4.98 Å². The number of carbonyl (C=O) groups is 1. The van der Waals surface area contributed by atoms with Crippen LogP contribution in [0.25, 0.3) is 33.3 Å². The molecular formula is C20H13N3O2. The first kappa shape index (κ1) is 14.0. The lowest BCUT2D eigenvalue weighted by Crippen LogP contribution is -2.20. The van der Waals surface area contributed by atoms with Crippen LogP contribution in [-0.4, -0.2) is 20.3 Å². The van der Waals surface area contributed by atoms with E-state index < -0.39 is 0 Å². The Bertz CT molecular complexity index is 1270. The minimum Gasteiger partial charge on any atom is -0.295 e. The van der Waals surface area contributed by atoms with Crippen molar-refractivity contribution in [3.63, 3.8) is 0 Å². The molecular weight excluding hydrogens is 314 g/mol. The second-order valence-corrected chi connectivity index (χ2v) is 6.30. The molecule has 1 aliphatic rings. The smallest absolute Gasteiger partial charge is 0.262 e. The van der Waals surface area contributed by atoms with E-state index in [1.807, 2.05) is 24.3 Å². The molecule has 0 atom stereocenters. The Morgan fingerprint density at radius 3 is 2.72 bits per heavy atom. The maximum absolute atomic E-state index is 12.9. The Hall–Kier alpha value is -3.34. The van der Waals surface area contributed by atoms with Crippen LogP contribution in [0.5, 0.6) is 0 Å². The predicted molar refractivity (Wildman–Crippen MR) is 95.8 cm³/mol. The fourth-order valence-corrected chi connectivity index (χ4v) is 3.41. The molecule has 1 aliphatic heterocycles. The first-order chi connectivity index (χ1) is 12.1. The summed E-state index contributed by atoms with van der Waals surface area (Å²) in [6.45, 7) is 1.98. The maximum Gasteiger partial charge on any atom is 0.262 e. The van der Waals surface area contributed by atoms with E-state index in [2.05, 4.69) is 11.1 Å². The molecule has 0 radical (unpaired) electrons. The molecule has 0 fully saturated rings. The van der Waals surface area contributed by atoms with Gasteiger partial charge < -0.3 is 0 Å². The van der Waals surface area contributed by atoms with Gasteiger partial charge in [-0.15, -0.1) is 0 Å². The zero-order valence-corrected chi connectivity index (χ0v) is 13.5. The van der Waals surface area contributed by atoms with Gasteiger partial charge in [0.05, 0.1) is 23.0 Å². The second-order valence-electron chi connectivity index (χ2n) is 6.30. The summed E-state index contributed by atoms with van der Waals surface area (Å²) >= 11 is 0. The van der Waals surface area contributed by atoms with Crippen LogP contribution in [0.2, 0.25) is 0 Å². The lowest BCUT2D eigenvalue weighted by Gasteiger charge is -2.06. The van der Waals surface area contributed by atoms with Crippen LogP contribution in [0.1, 0.15) is 22.8 Å². The van der Waals surface area contributed by atoms with Crippen molar-refractivity contribution >= 4 is 27.6 Å². The molecule has 0 saturated heterocycles. The Kier molecular flexibility index (Phi) is 2.71. The molecule has 5 rings (SSSR count). The van der Waals surface area contributed by atoms with E-state index in [0.717, 1.165) is 22.2 Å². The van der Waals surface area contributed by atoms with Gasteiger partial charge in [-0.25, -0.2) is 9.97 Å². The zero-order chi connectivity index (χ0) is 17.1. The predicted octanol–water partition coefficient (Wildman–Crippen LogP) is 3.18. The van der Waals surface area contributed by atoms with Gasteiger partial charge in [-0.3, -0.25) is 14.2 Å². The molecule has 0 N–H and O–H groups in total. The van der Waals surface area contributed by atoms with Gasteiger partial charge in [-0.05, 0) is 31.2 Å². The van der Waals surface area contributed by atoms with Gasteiger partial charge in [-0.1, -0.05) is 24.3 Å². The number of pyridine rings is 1. The van der Waals surface area contributed by atoms with Crippen molar-refractivity contribution in [3.8, 4) is 11.5 Å². The molecule has 3 heterocycles. The van der Waals surface area contributed by atoms with Crippen molar-refractivity contribution in [2.24, 2.45) is 0 Å². The Morgan fingerprint density at radius 2 is 1.88 bits per heavy atom. The highest BCUT2D eigenvalue weighted by atomic mass is 16.1. The lowest BCUT2D eigenvalue weighted by molar-refractivity contribution is 0.101. The summed E-state index contributed by atoms with van der Waals surface area (Å²) in [6, 6.07) is 15.0. The van der Waals surface area contributed by atoms with Crippen LogP contribution in [0.4, 0.5) is 0 Å². The fourth-order valence-electron chi connectivity index (χ4n) is 3.41. The number of nitrogens with zero attached hydrogens (tertiary/aromatic N) is 3. The molecule has 120 valence electrons. The Labute approximate surface area is 142 Å². The average molecular weight is 327 g/mol. The molecule has 4 aromatic rings. The number of ketones is 1. The van der Waals surface area contributed by atoms with Crippen molar-refractivity contribution in [2.45, 2.75) is 13.5 Å². The molecule has 0 aliphatic carbocycles. The number of fused-ring (bicyclic) bond motifs is 5. The van der Waals surface area contributed by atoms with Crippen molar-refractivity contribution < 1.29 is 4.79 Å². The molecule has 0 bridgehead atoms. The highest BCUT2D eigenvalue weighted by Crippen LogP contribution is 2.31. The molecule has 2 aromatic carbocycles. The van der Waals surface area contributed by atoms with Crippen LogP contribution < -0.4 is 5.56 Å². The third kappa shape index (κ3) is 1.96. The molecule has 0 amide bonds. The van der Waals surface area contributed by atoms with E-state index in [1.165, 1.54) is 6.92 Å². The zero-order valence-electron chi connectivity index (χ0n) is 13.5. The minimum atomic E-state index is -0.0999. The number of hydrogen-bond donors (Lipinski definition) is 0. The first-order valence-electron chi connectivity index (χ1n) is 8.06. The van der Waals surface area contributed by atoms with E-state index in [1.54, 1.807) is 22.8 Å². The third-order valence-electron chi connectivity index (χ3n) is 4.71. The summed E-state index contributed by atoms with van der Waals surface area (Å²) in [5.41, 5.74) is 3.59. The van der Waals surface area contributed by atoms with Gasteiger partial charge in [0.25, 0.3) is 5.56 Å². The number of hydrogen-bond acceptors (Lipinski definition) is 4. The first-order valence-corrected chi connectivity index (χ1v) is 8.06. The molecule has 5 heteroatoms. The molecule has 5 nitrogen and oxygen atoms in total. The van der Waals surface area contributed by atoms with Gasteiger partial charge >= 0.3 is 0 Å². The van der Waals surface area contributed by atoms with Crippen LogP contribution in [0.3, 0.4) is 0 Å². The topological polar surface area (TPSA) is 64.8 Å². The third-order valence-corrected chi connectivity index (χ3v) is 4.71. The number of carbonyl (C=O) groups excluding carboxylic acids is 1. The summed E-state index contributed by atoms with van der Waals surface area (Å²) in [5, 5.41) is 1.57. The molecule has 0 unspecified atom stereocenters. The summed E-state index contributed by atoms with van der Waals surface area (Å²) in [4.78, 5) is 33.9. The summed E-state index contributed by atoms with van der Waals surface area (Å²) in [7, 11) is 0. The van der Waals surface area contributed by atoms with Gasteiger partial charge in [0.1, 0.15) is 5.69 Å². The molecule has 2 aromatic heterocycles. The summed E-state index contributed by atoms with van der Waals surface area (Å²) in [6.07, 6.45) is 0. The number of rotatable bonds is 1. The van der Waals surface area contributed by atoms with Gasteiger partial charge in [0.15, 0.2) is 11.6 Å². The second kappa shape index (κ2) is 4.83. The number of benzene rings is 2. The Morgan fingerprint density at radius 1 is 1.04 bits per heavy atom. The SMILES string of the molecule is CC(=O)c1ccc2c(=O)n3c(nc2c1)-c1nc2ccccc2cc1C3. The Balaban J connectivity index is 1.83. The van der Waals surface area contributed by atoms with Crippen molar-refractivity contribution in [2.75, 3.05) is 0 Å². The lowest BCUT2D eigenvalue weighted by atomic mass is 10.1. The van der Waals surface area contributed by atoms with E-state index in [9.17, 15) is 9.59 Å². The quantitative estimate of drug-likeness (QED) is 0.444. The number of aromatic nitrogens is 3. The van der Waals surface area contributed by atoms with E-state index >= 15 is 0 Å². The van der Waals surface area contributed by atoms with Crippen LogP contribution in [-0.2, 0) is 6.54 Å². The van der Waals surface area contributed by atoms with Gasteiger partial charge in [-0.2, -0.15) is 0 Å². The normalized spacial score (nSPS) is 12.4. The highest BCUT2D eigenvalue weighted by molar-refractivity contribution is 5.97. The minimum absolute atomic E-state index is 0.0474. The van der Waals surface area contributed by atoms with Crippen LogP contribution in [0.15, 0.2) is 53.3 Å². The van der Waals surface area contributed by atoms with Crippen molar-refractivity contribution in [1.82, 2.24) is 14.5 Å². The highest BCUT2D eigenvalue weighted by Gasteiger charge is 2.24. The summed E-state index contributed by atoms with van der Waals surface area (Å²) in [5.74, 6) is 0.521. The standard InChI is InChI=1S/C20H13N3O2/c1-11(24)12-6-7-15-17(9-12)22-19-18-14(10-23(19)20(15)25)8-13-4-2-3-5-16(13)21-18/h2-9H,10H2,1H3. The van der Waals surface area contributed by atoms with Crippen LogP contribution >= 0.6 is 0 Å². The van der Waals surface area contributed by atoms with E-state index in [0.29, 0.717) is 28.8 Å². The van der Waals surface area contributed by atoms with Gasteiger partial charge in [0.2, 0.25) is 0 Å². The molecule has 0 spiro atoms. The maximum atomic E-state index is 12.9. The van der Waals surface area contributed by atoms with E-state index in [-0.39, 0.29) is 11.3 Å². The largest absolute Gasteiger partial charge is 0.295 e. The van der Waals surface area contributed by atoms with Crippen molar-refractivity contribution in [3.05, 3.63) is 70.0 Å². The average Bonchev–Trinajstić information content (AvgIpc) is 2.97. The number of para-hydroxylation sites is 1. The number of Topliss-reactive ketones (excluding diaryl/α,β-unsaturated/α-hetero) is 1. The molecule has 0 saturated carbocycles.